The van der Waals surface area contributed by atoms with Crippen molar-refractivity contribution in [1.82, 2.24) is 15.0 Å². The third-order valence-corrected chi connectivity index (χ3v) is 4.81. The maximum Gasteiger partial charge on any atom is 0.201 e. The predicted molar refractivity (Wildman–Crippen MR) is 96.1 cm³/mol. The average molecular weight is 370 g/mol. The monoisotopic (exact) mass is 370 g/mol. The number of fused-ring (bicyclic) bond motifs is 1. The Balaban J connectivity index is 1.87. The number of benzene rings is 1. The van der Waals surface area contributed by atoms with Crippen LogP contribution in [0.5, 0.6) is 0 Å². The van der Waals surface area contributed by atoms with Crippen molar-refractivity contribution < 1.29 is 13.6 Å². The fraction of sp³-hybridized carbons (Fsp3) is 0.0556. The molecule has 0 aliphatic heterocycles. The number of rotatable bonds is 3. The van der Waals surface area contributed by atoms with E-state index in [0.29, 0.717) is 16.6 Å². The van der Waals surface area contributed by atoms with Crippen molar-refractivity contribution in [2.45, 2.75) is 6.92 Å². The van der Waals surface area contributed by atoms with Gasteiger partial charge in [0, 0.05) is 34.3 Å². The first-order valence-electron chi connectivity index (χ1n) is 7.63. The molecule has 130 valence electrons. The Bertz CT molecular complexity index is 1170. The number of nitrogens with zero attached hydrogens (tertiary/aromatic N) is 2. The van der Waals surface area contributed by atoms with Crippen LogP contribution in [0.25, 0.3) is 22.3 Å². The Morgan fingerprint density at radius 1 is 1.31 bits per heavy atom. The summed E-state index contributed by atoms with van der Waals surface area (Å²) in [6.07, 6.45) is 3.02. The van der Waals surface area contributed by atoms with Crippen LogP contribution in [-0.2, 0) is 0 Å². The molecule has 0 unspecified atom stereocenters. The number of H-pyrrole nitrogens is 1. The largest absolute Gasteiger partial charge is 0.396 e. The van der Waals surface area contributed by atoms with Gasteiger partial charge in [0.1, 0.15) is 11.5 Å². The van der Waals surface area contributed by atoms with Crippen LogP contribution in [0.2, 0.25) is 0 Å². The number of hydrogen-bond acceptors (Lipinski definition) is 5. The van der Waals surface area contributed by atoms with Crippen LogP contribution >= 0.6 is 11.3 Å². The van der Waals surface area contributed by atoms with Crippen LogP contribution in [0.1, 0.15) is 20.9 Å². The van der Waals surface area contributed by atoms with Crippen LogP contribution in [-0.4, -0.2) is 20.7 Å². The van der Waals surface area contributed by atoms with Crippen LogP contribution < -0.4 is 5.73 Å². The molecule has 3 N–H and O–H groups in total. The molecule has 0 radical (unpaired) electrons. The summed E-state index contributed by atoms with van der Waals surface area (Å²) >= 11 is 1.49. The third kappa shape index (κ3) is 2.55. The lowest BCUT2D eigenvalue weighted by molar-refractivity contribution is 0.103. The summed E-state index contributed by atoms with van der Waals surface area (Å²) in [5.74, 6) is -2.83. The number of aromatic amines is 1. The Kier molecular flexibility index (Phi) is 3.77. The van der Waals surface area contributed by atoms with Gasteiger partial charge in [-0.25, -0.2) is 18.7 Å². The first-order chi connectivity index (χ1) is 12.5. The van der Waals surface area contributed by atoms with E-state index >= 15 is 0 Å². The van der Waals surface area contributed by atoms with E-state index < -0.39 is 23.0 Å². The van der Waals surface area contributed by atoms with Gasteiger partial charge in [0.15, 0.2) is 5.82 Å². The molecule has 4 rings (SSSR count). The topological polar surface area (TPSA) is 84.7 Å². The molecule has 5 nitrogen and oxygen atoms in total. The Morgan fingerprint density at radius 2 is 2.12 bits per heavy atom. The van der Waals surface area contributed by atoms with E-state index in [1.807, 2.05) is 12.3 Å². The van der Waals surface area contributed by atoms with Crippen molar-refractivity contribution in [1.29, 1.82) is 0 Å². The maximum atomic E-state index is 14.2. The highest BCUT2D eigenvalue weighted by Gasteiger charge is 2.24. The lowest BCUT2D eigenvalue weighted by Gasteiger charge is -2.06. The number of carbonyl (C=O) groups is 1. The summed E-state index contributed by atoms with van der Waals surface area (Å²) in [7, 11) is 0. The van der Waals surface area contributed by atoms with E-state index in [-0.39, 0.29) is 11.3 Å². The molecule has 0 aliphatic rings. The molecule has 0 saturated carbocycles. The van der Waals surface area contributed by atoms with Crippen molar-refractivity contribution in [3.63, 3.8) is 0 Å². The molecule has 26 heavy (non-hydrogen) atoms. The van der Waals surface area contributed by atoms with E-state index in [9.17, 15) is 13.6 Å². The predicted octanol–water partition coefficient (Wildman–Crippen LogP) is 4.09. The fourth-order valence-corrected chi connectivity index (χ4v) is 3.36. The summed E-state index contributed by atoms with van der Waals surface area (Å²) in [5.41, 5.74) is 6.50. The number of ketones is 1. The summed E-state index contributed by atoms with van der Waals surface area (Å²) in [5, 5.41) is 3.23. The number of pyridine rings is 1. The molecule has 4 aromatic rings. The van der Waals surface area contributed by atoms with E-state index in [1.165, 1.54) is 17.5 Å². The van der Waals surface area contributed by atoms with Crippen molar-refractivity contribution in [2.75, 3.05) is 5.73 Å². The van der Waals surface area contributed by atoms with Gasteiger partial charge < -0.3 is 10.7 Å². The number of anilines is 1. The standard InChI is InChI=1S/C18H12F2N4OS/c1-8-24-14(7-26-8)9-4-10-11(6-23-18(10)22-5-9)17(25)15-12(19)2-3-13(21)16(15)20/h2-7H,21H2,1H3,(H,22,23). The number of aromatic nitrogens is 3. The second kappa shape index (κ2) is 5.99. The molecular weight excluding hydrogens is 358 g/mol. The molecule has 0 spiro atoms. The normalized spacial score (nSPS) is 11.2. The minimum absolute atomic E-state index is 0.115. The first-order valence-corrected chi connectivity index (χ1v) is 8.51. The zero-order valence-corrected chi connectivity index (χ0v) is 14.3. The van der Waals surface area contributed by atoms with Crippen LogP contribution in [0, 0.1) is 18.6 Å². The van der Waals surface area contributed by atoms with E-state index in [4.69, 9.17) is 5.73 Å². The molecule has 3 aromatic heterocycles. The van der Waals surface area contributed by atoms with Crippen molar-refractivity contribution in [3.8, 4) is 11.3 Å². The Morgan fingerprint density at radius 3 is 2.85 bits per heavy atom. The lowest BCUT2D eigenvalue weighted by atomic mass is 10.0. The van der Waals surface area contributed by atoms with Gasteiger partial charge in [-0.2, -0.15) is 0 Å². The molecule has 3 heterocycles. The van der Waals surface area contributed by atoms with Gasteiger partial charge in [-0.1, -0.05) is 0 Å². The van der Waals surface area contributed by atoms with Crippen molar-refractivity contribution >= 4 is 33.8 Å². The summed E-state index contributed by atoms with van der Waals surface area (Å²) in [4.78, 5) is 24.3. The Labute approximate surface area is 150 Å². The van der Waals surface area contributed by atoms with Crippen LogP contribution in [0.15, 0.2) is 36.0 Å². The van der Waals surface area contributed by atoms with Gasteiger partial charge >= 0.3 is 0 Å². The van der Waals surface area contributed by atoms with E-state index in [1.54, 1.807) is 12.3 Å². The number of nitrogens with one attached hydrogen (secondary N) is 1. The zero-order chi connectivity index (χ0) is 18.4. The number of hydrogen-bond donors (Lipinski definition) is 2. The second-order valence-electron chi connectivity index (χ2n) is 5.73. The summed E-state index contributed by atoms with van der Waals surface area (Å²) < 4.78 is 28.3. The van der Waals surface area contributed by atoms with Gasteiger partial charge in [-0.05, 0) is 25.1 Å². The SMILES string of the molecule is Cc1nc(-c2cnc3[nH]cc(C(=O)c4c(F)ccc(N)c4F)c3c2)cs1. The van der Waals surface area contributed by atoms with Crippen LogP contribution in [0.3, 0.4) is 0 Å². The number of nitrogen functional groups attached to an aromatic ring is 1. The minimum atomic E-state index is -1.07. The highest BCUT2D eigenvalue weighted by molar-refractivity contribution is 7.09. The number of nitrogens with two attached hydrogens (primary N) is 1. The number of thiazole rings is 1. The highest BCUT2D eigenvalue weighted by atomic mass is 32.1. The quantitative estimate of drug-likeness (QED) is 0.420. The van der Waals surface area contributed by atoms with Crippen molar-refractivity contribution in [2.24, 2.45) is 0 Å². The van der Waals surface area contributed by atoms with E-state index in [2.05, 4.69) is 15.0 Å². The minimum Gasteiger partial charge on any atom is -0.396 e. The van der Waals surface area contributed by atoms with Gasteiger partial charge in [0.2, 0.25) is 5.78 Å². The number of carbonyl (C=O) groups excluding carboxylic acids is 1. The molecule has 0 atom stereocenters. The smallest absolute Gasteiger partial charge is 0.201 e. The van der Waals surface area contributed by atoms with Gasteiger partial charge in [-0.3, -0.25) is 4.79 Å². The molecule has 0 bridgehead atoms. The summed E-state index contributed by atoms with van der Waals surface area (Å²) in [6, 6.07) is 3.78. The maximum absolute atomic E-state index is 14.2. The fourth-order valence-electron chi connectivity index (χ4n) is 2.74. The van der Waals surface area contributed by atoms with Gasteiger partial charge in [-0.15, -0.1) is 11.3 Å². The van der Waals surface area contributed by atoms with Crippen molar-refractivity contribution in [3.05, 3.63) is 63.7 Å². The molecule has 0 aliphatic carbocycles. The average Bonchev–Trinajstić information content (AvgIpc) is 3.24. The number of aryl methyl sites for hydroxylation is 1. The molecule has 0 saturated heterocycles. The van der Waals surface area contributed by atoms with Crippen LogP contribution in [0.4, 0.5) is 14.5 Å². The third-order valence-electron chi connectivity index (χ3n) is 4.04. The Hall–Kier alpha value is -3.13. The second-order valence-corrected chi connectivity index (χ2v) is 6.79. The summed E-state index contributed by atoms with van der Waals surface area (Å²) in [6.45, 7) is 1.89. The first kappa shape index (κ1) is 16.3. The molecular formula is C18H12F2N4OS. The molecule has 1 aromatic carbocycles. The zero-order valence-electron chi connectivity index (χ0n) is 13.5. The molecule has 0 amide bonds. The van der Waals surface area contributed by atoms with E-state index in [0.717, 1.165) is 22.8 Å². The molecule has 0 fully saturated rings. The lowest BCUT2D eigenvalue weighted by Crippen LogP contribution is -2.09. The number of halogens is 2. The molecule has 8 heteroatoms. The highest BCUT2D eigenvalue weighted by Crippen LogP contribution is 2.29. The van der Waals surface area contributed by atoms with Gasteiger partial charge in [0.25, 0.3) is 0 Å². The van der Waals surface area contributed by atoms with Gasteiger partial charge in [0.05, 0.1) is 22.0 Å².